The van der Waals surface area contributed by atoms with Crippen molar-refractivity contribution in [3.8, 4) is 0 Å². The minimum absolute atomic E-state index is 0.0468. The minimum Gasteiger partial charge on any atom is -0.379 e. The Morgan fingerprint density at radius 2 is 1.79 bits per heavy atom. The van der Waals surface area contributed by atoms with E-state index in [0.29, 0.717) is 51.2 Å². The Hall–Kier alpha value is -1.03. The van der Waals surface area contributed by atoms with Crippen LogP contribution in [-0.2, 0) is 19.0 Å². The van der Waals surface area contributed by atoms with Crippen molar-refractivity contribution in [3.63, 3.8) is 0 Å². The fourth-order valence-electron chi connectivity index (χ4n) is 3.31. The van der Waals surface area contributed by atoms with Crippen LogP contribution in [0.1, 0.15) is 39.0 Å². The zero-order chi connectivity index (χ0) is 20.0. The van der Waals surface area contributed by atoms with E-state index in [1.165, 1.54) is 0 Å². The number of hydrogen-bond donors (Lipinski definition) is 3. The monoisotopic (exact) mass is 417 g/mol. The molecule has 0 aromatic carbocycles. The van der Waals surface area contributed by atoms with E-state index in [4.69, 9.17) is 14.2 Å². The highest BCUT2D eigenvalue weighted by molar-refractivity contribution is 8.00. The molecule has 0 aromatic heterocycles. The second kappa shape index (κ2) is 14.0. The summed E-state index contributed by atoms with van der Waals surface area (Å²) in [6.45, 7) is 6.15. The van der Waals surface area contributed by atoms with Gasteiger partial charge < -0.3 is 30.2 Å². The van der Waals surface area contributed by atoms with Gasteiger partial charge in [-0.2, -0.15) is 11.8 Å². The van der Waals surface area contributed by atoms with Crippen LogP contribution >= 0.6 is 11.8 Å². The van der Waals surface area contributed by atoms with Gasteiger partial charge in [-0.25, -0.2) is 4.79 Å². The van der Waals surface area contributed by atoms with Crippen LogP contribution in [-0.4, -0.2) is 81.2 Å². The maximum Gasteiger partial charge on any atom is 0.315 e. The van der Waals surface area contributed by atoms with Gasteiger partial charge >= 0.3 is 6.03 Å². The molecule has 28 heavy (non-hydrogen) atoms. The topological polar surface area (TPSA) is 97.9 Å². The summed E-state index contributed by atoms with van der Waals surface area (Å²) >= 11 is 1.91. The molecule has 0 saturated carbocycles. The Morgan fingerprint density at radius 1 is 1.07 bits per heavy atom. The molecule has 3 amide bonds. The quantitative estimate of drug-likeness (QED) is 0.259. The molecule has 0 bridgehead atoms. The maximum atomic E-state index is 11.8. The first-order chi connectivity index (χ1) is 13.7. The van der Waals surface area contributed by atoms with Crippen molar-refractivity contribution in [2.24, 2.45) is 0 Å². The number of carbonyl (C=O) groups is 2. The lowest BCUT2D eigenvalue weighted by Gasteiger charge is -2.16. The van der Waals surface area contributed by atoms with Crippen LogP contribution < -0.4 is 16.0 Å². The molecule has 2 fully saturated rings. The van der Waals surface area contributed by atoms with Gasteiger partial charge in [0.15, 0.2) is 0 Å². The third-order valence-corrected chi connectivity index (χ3v) is 6.25. The average Bonchev–Trinajstić information content (AvgIpc) is 3.22. The van der Waals surface area contributed by atoms with E-state index in [-0.39, 0.29) is 24.0 Å². The molecular weight excluding hydrogens is 382 g/mol. The highest BCUT2D eigenvalue weighted by atomic mass is 32.2. The lowest BCUT2D eigenvalue weighted by Crippen LogP contribution is -2.36. The van der Waals surface area contributed by atoms with Crippen LogP contribution in [0.2, 0.25) is 0 Å². The standard InChI is InChI=1S/C19H35N3O5S/c1-2-8-25-10-12-27-13-11-26-9-7-20-17(23)6-4-3-5-16-18-15(14-28-16)21-19(24)22-18/h15-16,18H,2-14H2,1H3,(H,20,23)(H2,21,22,24). The van der Waals surface area contributed by atoms with Crippen LogP contribution in [0.5, 0.6) is 0 Å². The van der Waals surface area contributed by atoms with Gasteiger partial charge in [-0.1, -0.05) is 13.3 Å². The van der Waals surface area contributed by atoms with E-state index in [0.717, 1.165) is 38.0 Å². The van der Waals surface area contributed by atoms with E-state index in [9.17, 15) is 9.59 Å². The molecule has 0 radical (unpaired) electrons. The number of fused-ring (bicyclic) bond motifs is 1. The first-order valence-electron chi connectivity index (χ1n) is 10.4. The highest BCUT2D eigenvalue weighted by Crippen LogP contribution is 2.33. The maximum absolute atomic E-state index is 11.8. The Bertz CT molecular complexity index is 469. The second-order valence-electron chi connectivity index (χ2n) is 7.05. The van der Waals surface area contributed by atoms with Gasteiger partial charge in [0.05, 0.1) is 45.1 Å². The smallest absolute Gasteiger partial charge is 0.315 e. The van der Waals surface area contributed by atoms with Crippen molar-refractivity contribution in [2.75, 3.05) is 51.9 Å². The Balaban J connectivity index is 1.34. The molecule has 3 atom stereocenters. The zero-order valence-corrected chi connectivity index (χ0v) is 17.7. The molecule has 162 valence electrons. The summed E-state index contributed by atoms with van der Waals surface area (Å²) in [5.74, 6) is 1.05. The number of amides is 3. The number of nitrogens with one attached hydrogen (secondary N) is 3. The van der Waals surface area contributed by atoms with Crippen LogP contribution in [0.15, 0.2) is 0 Å². The number of thioether (sulfide) groups is 1. The minimum atomic E-state index is -0.0468. The molecule has 2 rings (SSSR count). The van der Waals surface area contributed by atoms with Gasteiger partial charge in [0.25, 0.3) is 0 Å². The molecule has 2 saturated heterocycles. The number of carbonyl (C=O) groups excluding carboxylic acids is 2. The molecule has 0 aliphatic carbocycles. The van der Waals surface area contributed by atoms with Crippen LogP contribution in [0.3, 0.4) is 0 Å². The summed E-state index contributed by atoms with van der Waals surface area (Å²) in [6.07, 6.45) is 4.47. The number of rotatable bonds is 16. The van der Waals surface area contributed by atoms with Crippen LogP contribution in [0.4, 0.5) is 4.79 Å². The van der Waals surface area contributed by atoms with Gasteiger partial charge in [0, 0.05) is 30.6 Å². The van der Waals surface area contributed by atoms with E-state index >= 15 is 0 Å². The fourth-order valence-corrected chi connectivity index (χ4v) is 4.85. The molecular formula is C19H35N3O5S. The largest absolute Gasteiger partial charge is 0.379 e. The summed E-state index contributed by atoms with van der Waals surface area (Å²) in [5.41, 5.74) is 0. The number of ether oxygens (including phenoxy) is 3. The van der Waals surface area contributed by atoms with Gasteiger partial charge in [-0.3, -0.25) is 4.79 Å². The summed E-state index contributed by atoms with van der Waals surface area (Å²) in [5, 5.41) is 9.29. The zero-order valence-electron chi connectivity index (χ0n) is 16.9. The SMILES string of the molecule is CCCOCCOCCOCCNC(=O)CCCCC1SCC2NC(=O)NC21. The Morgan fingerprint density at radius 3 is 2.54 bits per heavy atom. The molecule has 2 heterocycles. The third-order valence-electron chi connectivity index (χ3n) is 4.74. The number of urea groups is 1. The van der Waals surface area contributed by atoms with Crippen molar-refractivity contribution in [1.82, 2.24) is 16.0 Å². The Labute approximate surface area is 172 Å². The fraction of sp³-hybridized carbons (Fsp3) is 0.895. The van der Waals surface area contributed by atoms with Gasteiger partial charge in [-0.05, 0) is 19.3 Å². The summed E-state index contributed by atoms with van der Waals surface area (Å²) in [6, 6.07) is 0.469. The van der Waals surface area contributed by atoms with Gasteiger partial charge in [0.2, 0.25) is 5.91 Å². The first kappa shape index (κ1) is 23.3. The lowest BCUT2D eigenvalue weighted by atomic mass is 10.0. The molecule has 2 aliphatic rings. The summed E-state index contributed by atoms with van der Waals surface area (Å²) in [4.78, 5) is 23.2. The first-order valence-corrected chi connectivity index (χ1v) is 11.4. The number of unbranched alkanes of at least 4 members (excludes halogenated alkanes) is 1. The third kappa shape index (κ3) is 8.98. The van der Waals surface area contributed by atoms with Crippen LogP contribution in [0, 0.1) is 0 Å². The van der Waals surface area contributed by atoms with E-state index in [1.807, 2.05) is 11.8 Å². The predicted octanol–water partition coefficient (Wildman–Crippen LogP) is 1.29. The predicted molar refractivity (Wildman–Crippen MR) is 110 cm³/mol. The van der Waals surface area contributed by atoms with Gasteiger partial charge in [0.1, 0.15) is 0 Å². The molecule has 3 N–H and O–H groups in total. The van der Waals surface area contributed by atoms with E-state index in [2.05, 4.69) is 22.9 Å². The van der Waals surface area contributed by atoms with Crippen molar-refractivity contribution in [2.45, 2.75) is 56.4 Å². The summed E-state index contributed by atoms with van der Waals surface area (Å²) in [7, 11) is 0. The van der Waals surface area contributed by atoms with Crippen LogP contribution in [0.25, 0.3) is 0 Å². The Kier molecular flexibility index (Phi) is 11.7. The normalized spacial score (nSPS) is 23.3. The average molecular weight is 418 g/mol. The lowest BCUT2D eigenvalue weighted by molar-refractivity contribution is -0.121. The van der Waals surface area contributed by atoms with Crippen molar-refractivity contribution >= 4 is 23.7 Å². The van der Waals surface area contributed by atoms with Crippen molar-refractivity contribution in [3.05, 3.63) is 0 Å². The molecule has 2 aliphatic heterocycles. The molecule has 0 aromatic rings. The van der Waals surface area contributed by atoms with Gasteiger partial charge in [-0.15, -0.1) is 0 Å². The van der Waals surface area contributed by atoms with E-state index < -0.39 is 0 Å². The number of hydrogen-bond acceptors (Lipinski definition) is 6. The molecule has 0 spiro atoms. The highest BCUT2D eigenvalue weighted by Gasteiger charge is 2.42. The van der Waals surface area contributed by atoms with Crippen molar-refractivity contribution < 1.29 is 23.8 Å². The molecule has 8 nitrogen and oxygen atoms in total. The van der Waals surface area contributed by atoms with Crippen molar-refractivity contribution in [1.29, 1.82) is 0 Å². The second-order valence-corrected chi connectivity index (χ2v) is 8.33. The summed E-state index contributed by atoms with van der Waals surface area (Å²) < 4.78 is 16.1. The molecule has 9 heteroatoms. The van der Waals surface area contributed by atoms with E-state index in [1.54, 1.807) is 0 Å². The molecule has 3 unspecified atom stereocenters.